The Hall–Kier alpha value is -2.31. The van der Waals surface area contributed by atoms with Gasteiger partial charge in [-0.15, -0.1) is 0 Å². The van der Waals surface area contributed by atoms with E-state index in [4.69, 9.17) is 4.74 Å². The van der Waals surface area contributed by atoms with Crippen LogP contribution >= 0.6 is 11.5 Å². The molecule has 0 aliphatic rings. The topological polar surface area (TPSA) is 67.0 Å². The van der Waals surface area contributed by atoms with Crippen molar-refractivity contribution in [2.24, 2.45) is 0 Å². The summed E-state index contributed by atoms with van der Waals surface area (Å²) in [5, 5.41) is 11.9. The molecule has 0 aliphatic heterocycles. The van der Waals surface area contributed by atoms with Crippen LogP contribution in [0, 0.1) is 11.3 Å². The molecule has 0 atom stereocenters. The minimum atomic E-state index is -4.55. The normalized spacial score (nSPS) is 12.0. The first kappa shape index (κ1) is 19.0. The highest BCUT2D eigenvalue weighted by atomic mass is 32.1. The number of nitrogens with zero attached hydrogens (tertiary/aromatic N) is 2. The lowest BCUT2D eigenvalue weighted by Crippen LogP contribution is -2.32. The zero-order valence-corrected chi connectivity index (χ0v) is 14.6. The minimum absolute atomic E-state index is 0.0658. The Labute approximate surface area is 146 Å². The molecular formula is C16H16F3N3O2S. The predicted molar refractivity (Wildman–Crippen MR) is 89.1 cm³/mol. The van der Waals surface area contributed by atoms with Crippen LogP contribution in [0.5, 0.6) is 0 Å². The van der Waals surface area contributed by atoms with Gasteiger partial charge in [-0.3, -0.25) is 8.75 Å². The van der Waals surface area contributed by atoms with Gasteiger partial charge in [0.05, 0.1) is 23.4 Å². The molecule has 0 amide bonds. The Bertz CT molecular complexity index is 863. The highest BCUT2D eigenvalue weighted by Crippen LogP contribution is 2.37. The van der Waals surface area contributed by atoms with Crippen molar-refractivity contribution in [3.63, 3.8) is 0 Å². The predicted octanol–water partition coefficient (Wildman–Crippen LogP) is 3.97. The molecule has 0 radical (unpaired) electrons. The molecule has 0 saturated carbocycles. The maximum atomic E-state index is 13.1. The van der Waals surface area contributed by atoms with E-state index in [1.165, 1.54) is 29.3 Å². The van der Waals surface area contributed by atoms with E-state index in [0.29, 0.717) is 0 Å². The monoisotopic (exact) mass is 371 g/mol. The number of hydrogen-bond acceptors (Lipinski definition) is 5. The van der Waals surface area contributed by atoms with E-state index in [0.717, 1.165) is 17.6 Å². The van der Waals surface area contributed by atoms with Crippen molar-refractivity contribution in [2.75, 3.05) is 12.4 Å². The fraction of sp³-hybridized carbons (Fsp3) is 0.375. The lowest BCUT2D eigenvalue weighted by molar-refractivity contribution is -0.136. The van der Waals surface area contributed by atoms with E-state index < -0.39 is 22.9 Å². The van der Waals surface area contributed by atoms with Gasteiger partial charge < -0.3 is 10.1 Å². The van der Waals surface area contributed by atoms with E-state index >= 15 is 0 Å². The number of alkyl halides is 3. The Morgan fingerprint density at radius 1 is 1.32 bits per heavy atom. The second-order valence-corrected chi connectivity index (χ2v) is 6.91. The number of rotatable bonds is 5. The van der Waals surface area contributed by atoms with E-state index in [1.807, 2.05) is 0 Å². The molecule has 2 rings (SSSR count). The van der Waals surface area contributed by atoms with E-state index in [2.05, 4.69) is 5.32 Å². The summed E-state index contributed by atoms with van der Waals surface area (Å²) in [5.41, 5.74) is -2.55. The number of nitrogens with one attached hydrogen (secondary N) is 1. The molecule has 25 heavy (non-hydrogen) atoms. The fourth-order valence-electron chi connectivity index (χ4n) is 2.08. The average molecular weight is 371 g/mol. The van der Waals surface area contributed by atoms with Crippen LogP contribution in [-0.4, -0.2) is 16.7 Å². The number of hydrogen-bond donors (Lipinski definition) is 1. The van der Waals surface area contributed by atoms with Gasteiger partial charge in [-0.2, -0.15) is 18.4 Å². The van der Waals surface area contributed by atoms with Crippen molar-refractivity contribution < 1.29 is 17.9 Å². The van der Waals surface area contributed by atoms with Gasteiger partial charge in [-0.25, -0.2) is 0 Å². The summed E-state index contributed by atoms with van der Waals surface area (Å²) in [6, 6.07) is 6.65. The van der Waals surface area contributed by atoms with Crippen LogP contribution in [0.3, 0.4) is 0 Å². The molecule has 2 aromatic rings. The molecule has 0 unspecified atom stereocenters. The fourth-order valence-corrected chi connectivity index (χ4v) is 3.23. The number of aromatic nitrogens is 1. The molecule has 0 aliphatic carbocycles. The number of nitriles is 1. The zero-order chi connectivity index (χ0) is 18.8. The van der Waals surface area contributed by atoms with Gasteiger partial charge in [0.2, 0.25) is 0 Å². The van der Waals surface area contributed by atoms with Gasteiger partial charge in [0, 0.05) is 7.11 Å². The number of methoxy groups -OCH3 is 1. The molecule has 1 aromatic carbocycles. The van der Waals surface area contributed by atoms with Crippen LogP contribution in [0.25, 0.3) is 0 Å². The van der Waals surface area contributed by atoms with Gasteiger partial charge in [-0.1, -0.05) is 12.1 Å². The van der Waals surface area contributed by atoms with Crippen molar-refractivity contribution in [3.8, 4) is 6.07 Å². The van der Waals surface area contributed by atoms with Crippen LogP contribution in [-0.2, 0) is 17.5 Å². The van der Waals surface area contributed by atoms with Crippen LogP contribution in [0.4, 0.5) is 23.9 Å². The van der Waals surface area contributed by atoms with Crippen molar-refractivity contribution in [1.82, 2.24) is 3.96 Å². The van der Waals surface area contributed by atoms with Crippen molar-refractivity contribution in [3.05, 3.63) is 45.7 Å². The highest BCUT2D eigenvalue weighted by molar-refractivity contribution is 7.11. The number of anilines is 2. The Balaban J connectivity index is 2.46. The second kappa shape index (κ2) is 6.90. The van der Waals surface area contributed by atoms with Gasteiger partial charge in [0.15, 0.2) is 5.56 Å². The number of halogens is 3. The highest BCUT2D eigenvalue weighted by Gasteiger charge is 2.33. The Morgan fingerprint density at radius 3 is 2.52 bits per heavy atom. The van der Waals surface area contributed by atoms with E-state index in [9.17, 15) is 23.2 Å². The molecule has 9 heteroatoms. The van der Waals surface area contributed by atoms with Crippen molar-refractivity contribution in [2.45, 2.75) is 32.2 Å². The maximum absolute atomic E-state index is 13.1. The van der Waals surface area contributed by atoms with Gasteiger partial charge >= 0.3 is 6.18 Å². The molecule has 1 aromatic heterocycles. The quantitative estimate of drug-likeness (QED) is 0.864. The third kappa shape index (κ3) is 4.21. The van der Waals surface area contributed by atoms with Crippen LogP contribution in [0.2, 0.25) is 0 Å². The summed E-state index contributed by atoms with van der Waals surface area (Å²) in [6.07, 6.45) is -4.55. The molecule has 0 spiro atoms. The molecule has 1 heterocycles. The molecule has 0 bridgehead atoms. The minimum Gasteiger partial charge on any atom is -0.377 e. The first-order valence-corrected chi connectivity index (χ1v) is 7.99. The first-order chi connectivity index (χ1) is 11.6. The van der Waals surface area contributed by atoms with Crippen LogP contribution < -0.4 is 10.9 Å². The van der Waals surface area contributed by atoms with Crippen LogP contribution in [0.15, 0.2) is 29.1 Å². The van der Waals surface area contributed by atoms with Gasteiger partial charge in [0.1, 0.15) is 11.1 Å². The first-order valence-electron chi connectivity index (χ1n) is 7.21. The maximum Gasteiger partial charge on any atom is 0.418 e. The van der Waals surface area contributed by atoms with Gasteiger partial charge in [0.25, 0.3) is 5.56 Å². The summed E-state index contributed by atoms with van der Waals surface area (Å²) < 4.78 is 45.9. The summed E-state index contributed by atoms with van der Waals surface area (Å²) in [5.74, 6) is 0. The third-order valence-corrected chi connectivity index (χ3v) is 4.54. The SMILES string of the molecule is COC(C)(C)Cn1sc(Nc2ccccc2C(F)(F)F)c(C#N)c1=O. The summed E-state index contributed by atoms with van der Waals surface area (Å²) in [4.78, 5) is 12.3. The summed E-state index contributed by atoms with van der Waals surface area (Å²) >= 11 is 0.890. The van der Waals surface area contributed by atoms with Crippen LogP contribution in [0.1, 0.15) is 25.0 Å². The zero-order valence-electron chi connectivity index (χ0n) is 13.8. The Morgan fingerprint density at radius 2 is 1.96 bits per heavy atom. The van der Waals surface area contributed by atoms with E-state index in [-0.39, 0.29) is 22.8 Å². The van der Waals surface area contributed by atoms with Gasteiger partial charge in [-0.05, 0) is 37.5 Å². The molecule has 5 nitrogen and oxygen atoms in total. The summed E-state index contributed by atoms with van der Waals surface area (Å²) in [7, 11) is 1.49. The van der Waals surface area contributed by atoms with Crippen molar-refractivity contribution >= 4 is 22.2 Å². The number of para-hydroxylation sites is 1. The smallest absolute Gasteiger partial charge is 0.377 e. The molecule has 134 valence electrons. The Kier molecular flexibility index (Phi) is 5.25. The molecular weight excluding hydrogens is 355 g/mol. The number of ether oxygens (including phenoxy) is 1. The molecule has 1 N–H and O–H groups in total. The van der Waals surface area contributed by atoms with Crippen molar-refractivity contribution in [1.29, 1.82) is 5.26 Å². The molecule has 0 saturated heterocycles. The average Bonchev–Trinajstić information content (AvgIpc) is 2.81. The van der Waals surface area contributed by atoms with E-state index in [1.54, 1.807) is 19.9 Å². The molecule has 0 fully saturated rings. The second-order valence-electron chi connectivity index (χ2n) is 5.88. The standard InChI is InChI=1S/C16H16F3N3O2S/c1-15(2,24-3)9-22-14(23)10(8-20)13(25-22)21-12-7-5-4-6-11(12)16(17,18)19/h4-7,21H,9H2,1-3H3. The third-order valence-electron chi connectivity index (χ3n) is 3.54. The number of benzene rings is 1. The lowest BCUT2D eigenvalue weighted by Gasteiger charge is -2.22. The largest absolute Gasteiger partial charge is 0.418 e. The summed E-state index contributed by atoms with van der Waals surface area (Å²) in [6.45, 7) is 3.69. The lowest BCUT2D eigenvalue weighted by atomic mass is 10.1.